The summed E-state index contributed by atoms with van der Waals surface area (Å²) in [6, 6.07) is 0. The Morgan fingerprint density at radius 2 is 2.38 bits per heavy atom. The van der Waals surface area contributed by atoms with E-state index in [1.54, 1.807) is 0 Å². The predicted octanol–water partition coefficient (Wildman–Crippen LogP) is 2.87. The van der Waals surface area contributed by atoms with Crippen molar-refractivity contribution < 1.29 is 0 Å². The highest BCUT2D eigenvalue weighted by Gasteiger charge is 2.04. The first kappa shape index (κ1) is 10.8. The van der Waals surface area contributed by atoms with Gasteiger partial charge < -0.3 is 4.57 Å². The van der Waals surface area contributed by atoms with Crippen molar-refractivity contribution in [3.05, 3.63) is 18.2 Å². The molecule has 1 aromatic heterocycles. The van der Waals surface area contributed by atoms with Crippen LogP contribution in [0.1, 0.15) is 26.1 Å². The van der Waals surface area contributed by atoms with Crippen LogP contribution in [0.3, 0.4) is 0 Å². The van der Waals surface area contributed by atoms with Gasteiger partial charge in [0, 0.05) is 30.7 Å². The summed E-state index contributed by atoms with van der Waals surface area (Å²) in [5.41, 5.74) is 0. The lowest BCUT2D eigenvalue weighted by Gasteiger charge is -2.07. The molecular formula is C10H17BrN2. The van der Waals surface area contributed by atoms with Gasteiger partial charge in [-0.25, -0.2) is 4.98 Å². The molecule has 1 unspecified atom stereocenters. The lowest BCUT2D eigenvalue weighted by molar-refractivity contribution is 0.567. The number of imidazole rings is 1. The quantitative estimate of drug-likeness (QED) is 0.729. The van der Waals surface area contributed by atoms with Gasteiger partial charge in [-0.1, -0.05) is 22.9 Å². The molecule has 0 amide bonds. The van der Waals surface area contributed by atoms with Gasteiger partial charge in [0.25, 0.3) is 0 Å². The Morgan fingerprint density at radius 1 is 1.62 bits per heavy atom. The Bertz CT molecular complexity index is 245. The van der Waals surface area contributed by atoms with Crippen LogP contribution < -0.4 is 0 Å². The molecular weight excluding hydrogens is 228 g/mol. The molecule has 0 aliphatic heterocycles. The van der Waals surface area contributed by atoms with Crippen LogP contribution in [0, 0.1) is 5.92 Å². The maximum atomic E-state index is 4.34. The van der Waals surface area contributed by atoms with Crippen molar-refractivity contribution in [2.45, 2.75) is 33.2 Å². The summed E-state index contributed by atoms with van der Waals surface area (Å²) >= 11 is 3.49. The number of aromatic nitrogens is 2. The first-order valence-corrected chi connectivity index (χ1v) is 5.96. The van der Waals surface area contributed by atoms with Crippen LogP contribution >= 0.6 is 15.9 Å². The van der Waals surface area contributed by atoms with E-state index in [9.17, 15) is 0 Å². The number of alkyl halides is 1. The third kappa shape index (κ3) is 3.14. The maximum absolute atomic E-state index is 4.34. The average Bonchev–Trinajstić information content (AvgIpc) is 2.61. The molecule has 13 heavy (non-hydrogen) atoms. The van der Waals surface area contributed by atoms with Crippen LogP contribution in [-0.4, -0.2) is 14.9 Å². The van der Waals surface area contributed by atoms with Gasteiger partial charge in [-0.3, -0.25) is 0 Å². The normalized spacial score (nSPS) is 13.2. The van der Waals surface area contributed by atoms with Crippen LogP contribution in [-0.2, 0) is 13.0 Å². The predicted molar refractivity (Wildman–Crippen MR) is 59.2 cm³/mol. The minimum atomic E-state index is 0.738. The minimum Gasteiger partial charge on any atom is -0.335 e. The molecule has 0 saturated heterocycles. The van der Waals surface area contributed by atoms with E-state index in [1.807, 2.05) is 12.4 Å². The SMILES string of the molecule is CCn1ccnc1CCC(C)CBr. The molecule has 0 aromatic carbocycles. The van der Waals surface area contributed by atoms with Gasteiger partial charge in [-0.15, -0.1) is 0 Å². The molecule has 0 saturated carbocycles. The third-order valence-electron chi connectivity index (χ3n) is 2.27. The molecule has 0 N–H and O–H groups in total. The second-order valence-electron chi connectivity index (χ2n) is 3.43. The van der Waals surface area contributed by atoms with Gasteiger partial charge in [0.1, 0.15) is 5.82 Å². The van der Waals surface area contributed by atoms with Gasteiger partial charge in [-0.2, -0.15) is 0 Å². The molecule has 1 rings (SSSR count). The van der Waals surface area contributed by atoms with Crippen LogP contribution in [0.25, 0.3) is 0 Å². The van der Waals surface area contributed by atoms with E-state index in [-0.39, 0.29) is 0 Å². The fourth-order valence-corrected chi connectivity index (χ4v) is 1.63. The van der Waals surface area contributed by atoms with Gasteiger partial charge in [-0.05, 0) is 19.3 Å². The van der Waals surface area contributed by atoms with Crippen molar-refractivity contribution in [2.24, 2.45) is 5.92 Å². The lowest BCUT2D eigenvalue weighted by atomic mass is 10.1. The molecule has 2 nitrogen and oxygen atoms in total. The molecule has 3 heteroatoms. The topological polar surface area (TPSA) is 17.8 Å². The van der Waals surface area contributed by atoms with Crippen molar-refractivity contribution in [2.75, 3.05) is 5.33 Å². The number of hydrogen-bond donors (Lipinski definition) is 0. The highest BCUT2D eigenvalue weighted by Crippen LogP contribution is 2.10. The van der Waals surface area contributed by atoms with Crippen molar-refractivity contribution in [3.8, 4) is 0 Å². The van der Waals surface area contributed by atoms with E-state index in [4.69, 9.17) is 0 Å². The second-order valence-corrected chi connectivity index (χ2v) is 4.08. The van der Waals surface area contributed by atoms with Crippen molar-refractivity contribution >= 4 is 15.9 Å². The Hall–Kier alpha value is -0.310. The van der Waals surface area contributed by atoms with Gasteiger partial charge in [0.15, 0.2) is 0 Å². The number of rotatable bonds is 5. The summed E-state index contributed by atoms with van der Waals surface area (Å²) in [4.78, 5) is 4.34. The Kier molecular flexibility index (Phi) is 4.50. The maximum Gasteiger partial charge on any atom is 0.108 e. The van der Waals surface area contributed by atoms with E-state index in [0.29, 0.717) is 0 Å². The standard InChI is InChI=1S/C10H17BrN2/c1-3-13-7-6-12-10(13)5-4-9(2)8-11/h6-7,9H,3-5,8H2,1-2H3. The molecule has 0 bridgehead atoms. The van der Waals surface area contributed by atoms with E-state index in [2.05, 4.69) is 39.3 Å². The molecule has 0 fully saturated rings. The fraction of sp³-hybridized carbons (Fsp3) is 0.700. The summed E-state index contributed by atoms with van der Waals surface area (Å²) in [5.74, 6) is 1.96. The van der Waals surface area contributed by atoms with Crippen molar-refractivity contribution in [1.29, 1.82) is 0 Å². The monoisotopic (exact) mass is 244 g/mol. The van der Waals surface area contributed by atoms with E-state index in [1.165, 1.54) is 12.2 Å². The summed E-state index contributed by atoms with van der Waals surface area (Å²) in [6.07, 6.45) is 6.24. The zero-order valence-electron chi connectivity index (χ0n) is 8.33. The summed E-state index contributed by atoms with van der Waals surface area (Å²) in [6.45, 7) is 5.44. The van der Waals surface area contributed by atoms with Crippen LogP contribution in [0.4, 0.5) is 0 Å². The molecule has 0 aliphatic rings. The molecule has 0 spiro atoms. The molecule has 1 heterocycles. The number of nitrogens with zero attached hydrogens (tertiary/aromatic N) is 2. The van der Waals surface area contributed by atoms with Gasteiger partial charge in [0.2, 0.25) is 0 Å². The first-order chi connectivity index (χ1) is 6.27. The summed E-state index contributed by atoms with van der Waals surface area (Å²) in [7, 11) is 0. The summed E-state index contributed by atoms with van der Waals surface area (Å²) in [5, 5.41) is 1.08. The van der Waals surface area contributed by atoms with E-state index in [0.717, 1.165) is 24.2 Å². The average molecular weight is 245 g/mol. The Morgan fingerprint density at radius 3 is 3.00 bits per heavy atom. The zero-order chi connectivity index (χ0) is 9.68. The lowest BCUT2D eigenvalue weighted by Crippen LogP contribution is -2.04. The molecule has 74 valence electrons. The molecule has 1 atom stereocenters. The molecule has 0 radical (unpaired) electrons. The highest BCUT2D eigenvalue weighted by molar-refractivity contribution is 9.09. The smallest absolute Gasteiger partial charge is 0.108 e. The number of halogens is 1. The van der Waals surface area contributed by atoms with Gasteiger partial charge >= 0.3 is 0 Å². The number of aryl methyl sites for hydroxylation is 2. The van der Waals surface area contributed by atoms with Crippen molar-refractivity contribution in [1.82, 2.24) is 9.55 Å². The fourth-order valence-electron chi connectivity index (χ4n) is 1.31. The highest BCUT2D eigenvalue weighted by atomic mass is 79.9. The molecule has 0 aliphatic carbocycles. The zero-order valence-corrected chi connectivity index (χ0v) is 9.92. The van der Waals surface area contributed by atoms with E-state index >= 15 is 0 Å². The first-order valence-electron chi connectivity index (χ1n) is 4.83. The largest absolute Gasteiger partial charge is 0.335 e. The van der Waals surface area contributed by atoms with E-state index < -0.39 is 0 Å². The Labute approximate surface area is 88.5 Å². The van der Waals surface area contributed by atoms with Crippen LogP contribution in [0.15, 0.2) is 12.4 Å². The van der Waals surface area contributed by atoms with Crippen LogP contribution in [0.5, 0.6) is 0 Å². The third-order valence-corrected chi connectivity index (χ3v) is 3.37. The van der Waals surface area contributed by atoms with Gasteiger partial charge in [0.05, 0.1) is 0 Å². The Balaban J connectivity index is 2.44. The van der Waals surface area contributed by atoms with Crippen LogP contribution in [0.2, 0.25) is 0 Å². The molecule has 1 aromatic rings. The summed E-state index contributed by atoms with van der Waals surface area (Å²) < 4.78 is 2.21. The second kappa shape index (κ2) is 5.43. The van der Waals surface area contributed by atoms with Crippen molar-refractivity contribution in [3.63, 3.8) is 0 Å². The number of hydrogen-bond acceptors (Lipinski definition) is 1. The minimum absolute atomic E-state index is 0.738.